The molecule has 0 radical (unpaired) electrons. The van der Waals surface area contributed by atoms with Crippen LogP contribution in [0, 0.1) is 5.82 Å². The van der Waals surface area contributed by atoms with Crippen molar-refractivity contribution in [2.75, 3.05) is 23.8 Å². The molecule has 5 heteroatoms. The monoisotopic (exact) mass is 314 g/mol. The number of anilines is 2. The van der Waals surface area contributed by atoms with Gasteiger partial charge in [-0.05, 0) is 48.9 Å². The lowest BCUT2D eigenvalue weighted by molar-refractivity contribution is -0.114. The third-order valence-corrected chi connectivity index (χ3v) is 2.94. The largest absolute Gasteiger partial charge is 0.489 e. The molecule has 2 rings (SSSR count). The van der Waals surface area contributed by atoms with Crippen LogP contribution in [0.1, 0.15) is 6.92 Å². The van der Waals surface area contributed by atoms with Crippen molar-refractivity contribution in [3.05, 3.63) is 66.5 Å². The molecule has 0 aliphatic carbocycles. The van der Waals surface area contributed by atoms with Crippen LogP contribution in [0.2, 0.25) is 0 Å². The average molecular weight is 314 g/mol. The molecular weight excluding hydrogens is 295 g/mol. The van der Waals surface area contributed by atoms with Crippen LogP contribution >= 0.6 is 0 Å². The molecule has 0 aliphatic rings. The van der Waals surface area contributed by atoms with Crippen molar-refractivity contribution in [3.63, 3.8) is 0 Å². The van der Waals surface area contributed by atoms with E-state index < -0.39 is 5.82 Å². The van der Waals surface area contributed by atoms with Gasteiger partial charge in [0, 0.05) is 5.69 Å². The molecular formula is C18H19FN2O2. The molecule has 2 N–H and O–H groups in total. The van der Waals surface area contributed by atoms with Gasteiger partial charge in [-0.15, -0.1) is 0 Å². The number of benzene rings is 2. The van der Waals surface area contributed by atoms with Crippen molar-refractivity contribution >= 4 is 17.3 Å². The van der Waals surface area contributed by atoms with Crippen molar-refractivity contribution in [1.82, 2.24) is 0 Å². The second-order valence-corrected chi connectivity index (χ2v) is 5.15. The van der Waals surface area contributed by atoms with E-state index in [-0.39, 0.29) is 18.1 Å². The maximum absolute atomic E-state index is 13.4. The van der Waals surface area contributed by atoms with Crippen LogP contribution in [-0.4, -0.2) is 19.1 Å². The number of rotatable bonds is 7. The van der Waals surface area contributed by atoms with Crippen LogP contribution in [-0.2, 0) is 4.79 Å². The fourth-order valence-corrected chi connectivity index (χ4v) is 1.81. The van der Waals surface area contributed by atoms with Gasteiger partial charge in [0.15, 0.2) is 0 Å². The van der Waals surface area contributed by atoms with Crippen molar-refractivity contribution in [2.45, 2.75) is 6.92 Å². The first-order valence-corrected chi connectivity index (χ1v) is 7.20. The van der Waals surface area contributed by atoms with E-state index in [4.69, 9.17) is 4.74 Å². The van der Waals surface area contributed by atoms with E-state index >= 15 is 0 Å². The Morgan fingerprint density at radius 2 is 1.87 bits per heavy atom. The Balaban J connectivity index is 1.82. The summed E-state index contributed by atoms with van der Waals surface area (Å²) in [6, 6.07) is 13.3. The summed E-state index contributed by atoms with van der Waals surface area (Å²) in [6.45, 7) is 6.17. The Morgan fingerprint density at radius 3 is 2.52 bits per heavy atom. The van der Waals surface area contributed by atoms with E-state index in [2.05, 4.69) is 17.2 Å². The third kappa shape index (κ3) is 5.47. The summed E-state index contributed by atoms with van der Waals surface area (Å²) in [7, 11) is 0. The standard InChI is InChI=1S/C18H19FN2O2/c1-13(2)12-23-15-9-7-14(8-10-15)20-11-18(22)21-17-6-4-3-5-16(17)19/h3-10,20H,1,11-12H2,2H3,(H,21,22). The summed E-state index contributed by atoms with van der Waals surface area (Å²) >= 11 is 0. The van der Waals surface area contributed by atoms with Gasteiger partial charge >= 0.3 is 0 Å². The molecule has 23 heavy (non-hydrogen) atoms. The Hall–Kier alpha value is -2.82. The molecule has 0 fully saturated rings. The molecule has 0 atom stereocenters. The van der Waals surface area contributed by atoms with E-state index in [1.165, 1.54) is 12.1 Å². The minimum absolute atomic E-state index is 0.0420. The number of hydrogen-bond acceptors (Lipinski definition) is 3. The summed E-state index contributed by atoms with van der Waals surface area (Å²) < 4.78 is 18.9. The van der Waals surface area contributed by atoms with Gasteiger partial charge in [-0.2, -0.15) is 0 Å². The fourth-order valence-electron chi connectivity index (χ4n) is 1.81. The van der Waals surface area contributed by atoms with Gasteiger partial charge in [0.05, 0.1) is 12.2 Å². The van der Waals surface area contributed by atoms with Crippen LogP contribution < -0.4 is 15.4 Å². The summed E-state index contributed by atoms with van der Waals surface area (Å²) in [6.07, 6.45) is 0. The van der Waals surface area contributed by atoms with E-state index in [1.807, 2.05) is 19.1 Å². The predicted molar refractivity (Wildman–Crippen MR) is 90.3 cm³/mol. The third-order valence-electron chi connectivity index (χ3n) is 2.94. The van der Waals surface area contributed by atoms with E-state index in [0.29, 0.717) is 6.61 Å². The van der Waals surface area contributed by atoms with Crippen LogP contribution in [0.15, 0.2) is 60.7 Å². The van der Waals surface area contributed by atoms with Crippen molar-refractivity contribution in [2.24, 2.45) is 0 Å². The lowest BCUT2D eigenvalue weighted by Crippen LogP contribution is -2.22. The molecule has 0 bridgehead atoms. The lowest BCUT2D eigenvalue weighted by atomic mass is 10.3. The minimum Gasteiger partial charge on any atom is -0.489 e. The Morgan fingerprint density at radius 1 is 1.17 bits per heavy atom. The Bertz CT molecular complexity index is 684. The maximum atomic E-state index is 13.4. The molecule has 120 valence electrons. The van der Waals surface area contributed by atoms with E-state index in [0.717, 1.165) is 17.0 Å². The average Bonchev–Trinajstić information content (AvgIpc) is 2.54. The SMILES string of the molecule is C=C(C)COc1ccc(NCC(=O)Nc2ccccc2F)cc1. The highest BCUT2D eigenvalue weighted by Gasteiger charge is 2.06. The molecule has 2 aromatic rings. The normalized spacial score (nSPS) is 10.0. The van der Waals surface area contributed by atoms with Crippen molar-refractivity contribution in [3.8, 4) is 5.75 Å². The smallest absolute Gasteiger partial charge is 0.243 e. The van der Waals surface area contributed by atoms with Crippen LogP contribution in [0.4, 0.5) is 15.8 Å². The second-order valence-electron chi connectivity index (χ2n) is 5.15. The number of carbonyl (C=O) groups is 1. The molecule has 0 saturated heterocycles. The van der Waals surface area contributed by atoms with E-state index in [9.17, 15) is 9.18 Å². The number of nitrogens with one attached hydrogen (secondary N) is 2. The minimum atomic E-state index is -0.458. The molecule has 0 aromatic heterocycles. The molecule has 0 unspecified atom stereocenters. The van der Waals surface area contributed by atoms with Crippen LogP contribution in [0.25, 0.3) is 0 Å². The number of hydrogen-bond donors (Lipinski definition) is 2. The van der Waals surface area contributed by atoms with Gasteiger partial charge in [0.1, 0.15) is 18.2 Å². The number of halogens is 1. The van der Waals surface area contributed by atoms with Gasteiger partial charge in [-0.25, -0.2) is 4.39 Å². The first-order chi connectivity index (χ1) is 11.0. The van der Waals surface area contributed by atoms with Crippen LogP contribution in [0.5, 0.6) is 5.75 Å². The summed E-state index contributed by atoms with van der Waals surface area (Å²) in [5.74, 6) is -0.0491. The highest BCUT2D eigenvalue weighted by Crippen LogP contribution is 2.16. The molecule has 4 nitrogen and oxygen atoms in total. The zero-order valence-electron chi connectivity index (χ0n) is 12.9. The van der Waals surface area contributed by atoms with Gasteiger partial charge in [-0.3, -0.25) is 4.79 Å². The molecule has 0 saturated carbocycles. The topological polar surface area (TPSA) is 50.4 Å². The summed E-state index contributed by atoms with van der Waals surface area (Å²) in [5.41, 5.74) is 1.89. The number of ether oxygens (including phenoxy) is 1. The lowest BCUT2D eigenvalue weighted by Gasteiger charge is -2.10. The number of para-hydroxylation sites is 1. The van der Waals surface area contributed by atoms with Gasteiger partial charge in [0.2, 0.25) is 5.91 Å². The highest BCUT2D eigenvalue weighted by atomic mass is 19.1. The van der Waals surface area contributed by atoms with E-state index in [1.54, 1.807) is 24.3 Å². The quantitative estimate of drug-likeness (QED) is 0.764. The zero-order chi connectivity index (χ0) is 16.7. The highest BCUT2D eigenvalue weighted by molar-refractivity contribution is 5.93. The summed E-state index contributed by atoms with van der Waals surface area (Å²) in [4.78, 5) is 11.8. The summed E-state index contributed by atoms with van der Waals surface area (Å²) in [5, 5.41) is 5.48. The zero-order valence-corrected chi connectivity index (χ0v) is 12.9. The first-order valence-electron chi connectivity index (χ1n) is 7.20. The number of carbonyl (C=O) groups excluding carboxylic acids is 1. The Kier molecular flexibility index (Phi) is 5.74. The fraction of sp³-hybridized carbons (Fsp3) is 0.167. The first kappa shape index (κ1) is 16.5. The van der Waals surface area contributed by atoms with Gasteiger partial charge < -0.3 is 15.4 Å². The van der Waals surface area contributed by atoms with Gasteiger partial charge in [0.25, 0.3) is 0 Å². The van der Waals surface area contributed by atoms with Crippen molar-refractivity contribution < 1.29 is 13.9 Å². The molecule has 0 spiro atoms. The molecule has 1 amide bonds. The Labute approximate surface area is 135 Å². The maximum Gasteiger partial charge on any atom is 0.243 e. The second kappa shape index (κ2) is 7.98. The van der Waals surface area contributed by atoms with Crippen molar-refractivity contribution in [1.29, 1.82) is 0 Å². The molecule has 0 heterocycles. The molecule has 2 aromatic carbocycles. The predicted octanol–water partition coefficient (Wildman–Crippen LogP) is 3.83. The number of amides is 1. The molecule has 0 aliphatic heterocycles. The van der Waals surface area contributed by atoms with Crippen LogP contribution in [0.3, 0.4) is 0 Å². The van der Waals surface area contributed by atoms with Gasteiger partial charge in [-0.1, -0.05) is 18.7 Å².